The third kappa shape index (κ3) is 7.75. The van der Waals surface area contributed by atoms with Crippen LogP contribution < -0.4 is 4.74 Å². The Balaban J connectivity index is 1.55. The summed E-state index contributed by atoms with van der Waals surface area (Å²) >= 11 is 0. The second-order valence-electron chi connectivity index (χ2n) is 7.49. The lowest BCUT2D eigenvalue weighted by Gasteiger charge is -2.03. The molecule has 0 fully saturated rings. The molecule has 0 saturated heterocycles. The molecule has 0 bridgehead atoms. The van der Waals surface area contributed by atoms with Crippen molar-refractivity contribution in [3.05, 3.63) is 89.5 Å². The van der Waals surface area contributed by atoms with Crippen LogP contribution >= 0.6 is 0 Å². The monoisotopic (exact) mass is 410 g/mol. The second kappa shape index (κ2) is 12.3. The normalized spacial score (nSPS) is 10.6. The van der Waals surface area contributed by atoms with Crippen LogP contribution in [0.1, 0.15) is 56.2 Å². The van der Waals surface area contributed by atoms with Crippen LogP contribution in [0.4, 0.5) is 11.4 Å². The van der Waals surface area contributed by atoms with Gasteiger partial charge in [0.1, 0.15) is 5.75 Å². The zero-order valence-electron chi connectivity index (χ0n) is 18.5. The summed E-state index contributed by atoms with van der Waals surface area (Å²) in [7, 11) is 0. The Morgan fingerprint density at radius 3 is 1.74 bits per heavy atom. The number of hydrogen-bond donors (Lipinski definition) is 0. The van der Waals surface area contributed by atoms with E-state index < -0.39 is 0 Å². The first-order chi connectivity index (χ1) is 15.3. The van der Waals surface area contributed by atoms with E-state index in [9.17, 15) is 0 Å². The highest BCUT2D eigenvalue weighted by Gasteiger charge is 1.96. The van der Waals surface area contributed by atoms with Gasteiger partial charge in [-0.2, -0.15) is 10.2 Å². The first kappa shape index (κ1) is 22.3. The molecule has 3 heteroatoms. The first-order valence-electron chi connectivity index (χ1n) is 11.1. The van der Waals surface area contributed by atoms with Gasteiger partial charge >= 0.3 is 0 Å². The summed E-state index contributed by atoms with van der Waals surface area (Å²) in [6.45, 7) is 5.04. The minimum atomic E-state index is 0.723. The van der Waals surface area contributed by atoms with Crippen LogP contribution in [-0.2, 0) is 6.42 Å². The maximum Gasteiger partial charge on any atom is 0.119 e. The molecule has 3 aromatic carbocycles. The van der Waals surface area contributed by atoms with Gasteiger partial charge in [-0.3, -0.25) is 0 Å². The molecule has 0 aromatic heterocycles. The van der Waals surface area contributed by atoms with Crippen molar-refractivity contribution in [2.45, 2.75) is 46.0 Å². The number of benzene rings is 3. The number of ether oxygens (including phenoxy) is 1. The summed E-state index contributed by atoms with van der Waals surface area (Å²) in [6, 6.07) is 24.0. The highest BCUT2D eigenvalue weighted by atomic mass is 16.5. The maximum atomic E-state index is 5.58. The molecule has 0 spiro atoms. The van der Waals surface area contributed by atoms with Gasteiger partial charge in [0.25, 0.3) is 0 Å². The number of azo groups is 1. The average Bonchev–Trinajstić information content (AvgIpc) is 2.82. The Morgan fingerprint density at radius 1 is 0.645 bits per heavy atom. The molecule has 3 nitrogen and oxygen atoms in total. The SMILES string of the molecule is CCCCCc1ccc(C#Cc2ccc(N=Nc3ccc(OCCC)cc3)cc2)cc1. The van der Waals surface area contributed by atoms with Crippen molar-refractivity contribution in [1.29, 1.82) is 0 Å². The van der Waals surface area contributed by atoms with Gasteiger partial charge in [0.05, 0.1) is 18.0 Å². The fourth-order valence-electron chi connectivity index (χ4n) is 3.03. The molecule has 0 radical (unpaired) electrons. The zero-order valence-corrected chi connectivity index (χ0v) is 18.5. The number of aryl methyl sites for hydroxylation is 1. The number of rotatable bonds is 9. The molecule has 0 unspecified atom stereocenters. The lowest BCUT2D eigenvalue weighted by molar-refractivity contribution is 0.317. The molecule has 0 aliphatic heterocycles. The number of unbranched alkanes of at least 4 members (excludes halogenated alkanes) is 2. The summed E-state index contributed by atoms with van der Waals surface area (Å²) < 4.78 is 5.58. The Kier molecular flexibility index (Phi) is 8.88. The summed E-state index contributed by atoms with van der Waals surface area (Å²) in [6.07, 6.45) is 5.94. The van der Waals surface area contributed by atoms with E-state index in [1.807, 2.05) is 48.5 Å². The molecular formula is C28H30N2O. The van der Waals surface area contributed by atoms with E-state index in [4.69, 9.17) is 4.74 Å². The Bertz CT molecular complexity index is 1010. The highest BCUT2D eigenvalue weighted by molar-refractivity contribution is 5.48. The van der Waals surface area contributed by atoms with Crippen molar-refractivity contribution in [3.8, 4) is 17.6 Å². The van der Waals surface area contributed by atoms with E-state index in [0.717, 1.165) is 47.7 Å². The lowest BCUT2D eigenvalue weighted by atomic mass is 10.1. The molecule has 0 N–H and O–H groups in total. The first-order valence-corrected chi connectivity index (χ1v) is 11.1. The van der Waals surface area contributed by atoms with E-state index >= 15 is 0 Å². The molecule has 3 aromatic rings. The van der Waals surface area contributed by atoms with Crippen molar-refractivity contribution in [1.82, 2.24) is 0 Å². The fourth-order valence-corrected chi connectivity index (χ4v) is 3.03. The van der Waals surface area contributed by atoms with Crippen LogP contribution in [0.25, 0.3) is 0 Å². The number of hydrogen-bond acceptors (Lipinski definition) is 3. The van der Waals surface area contributed by atoms with Gasteiger partial charge in [-0.25, -0.2) is 0 Å². The average molecular weight is 411 g/mol. The molecule has 0 amide bonds. The van der Waals surface area contributed by atoms with E-state index in [-0.39, 0.29) is 0 Å². The zero-order chi connectivity index (χ0) is 21.7. The van der Waals surface area contributed by atoms with Crippen molar-refractivity contribution in [3.63, 3.8) is 0 Å². The molecule has 158 valence electrons. The fraction of sp³-hybridized carbons (Fsp3) is 0.286. The minimum Gasteiger partial charge on any atom is -0.494 e. The molecular weight excluding hydrogens is 380 g/mol. The van der Waals surface area contributed by atoms with E-state index in [2.05, 4.69) is 60.2 Å². The van der Waals surface area contributed by atoms with Crippen LogP contribution in [0.3, 0.4) is 0 Å². The van der Waals surface area contributed by atoms with Crippen LogP contribution in [0.5, 0.6) is 5.75 Å². The maximum absolute atomic E-state index is 5.58. The highest BCUT2D eigenvalue weighted by Crippen LogP contribution is 2.21. The molecule has 3 rings (SSSR count). The van der Waals surface area contributed by atoms with Crippen LogP contribution in [0, 0.1) is 11.8 Å². The predicted molar refractivity (Wildman–Crippen MR) is 128 cm³/mol. The van der Waals surface area contributed by atoms with Gasteiger partial charge in [0, 0.05) is 11.1 Å². The Labute approximate surface area is 186 Å². The Hall–Kier alpha value is -3.38. The smallest absolute Gasteiger partial charge is 0.119 e. The summed E-state index contributed by atoms with van der Waals surface area (Å²) in [5.41, 5.74) is 4.98. The van der Waals surface area contributed by atoms with Gasteiger partial charge in [0.2, 0.25) is 0 Å². The summed E-state index contributed by atoms with van der Waals surface area (Å²) in [4.78, 5) is 0. The summed E-state index contributed by atoms with van der Waals surface area (Å²) in [5, 5.41) is 8.59. The van der Waals surface area contributed by atoms with Gasteiger partial charge in [-0.15, -0.1) is 0 Å². The summed E-state index contributed by atoms with van der Waals surface area (Å²) in [5.74, 6) is 7.31. The van der Waals surface area contributed by atoms with E-state index in [1.54, 1.807) is 0 Å². The van der Waals surface area contributed by atoms with Crippen LogP contribution in [0.2, 0.25) is 0 Å². The third-order valence-corrected chi connectivity index (χ3v) is 4.83. The molecule has 0 heterocycles. The van der Waals surface area contributed by atoms with Gasteiger partial charge in [0.15, 0.2) is 0 Å². The molecule has 0 aliphatic carbocycles. The lowest BCUT2D eigenvalue weighted by Crippen LogP contribution is -1.93. The molecule has 31 heavy (non-hydrogen) atoms. The van der Waals surface area contributed by atoms with Crippen molar-refractivity contribution < 1.29 is 4.74 Å². The Morgan fingerprint density at radius 2 is 1.19 bits per heavy atom. The minimum absolute atomic E-state index is 0.723. The largest absolute Gasteiger partial charge is 0.494 e. The second-order valence-corrected chi connectivity index (χ2v) is 7.49. The third-order valence-electron chi connectivity index (χ3n) is 4.83. The standard InChI is InChI=1S/C28H30N2O/c1-3-5-6-7-23-8-10-24(11-9-23)12-13-25-14-16-26(17-15-25)29-30-27-18-20-28(21-19-27)31-22-4-2/h8-11,14-21H,3-7,22H2,1-2H3. The van der Waals surface area contributed by atoms with Gasteiger partial charge in [-0.1, -0.05) is 50.7 Å². The van der Waals surface area contributed by atoms with Crippen LogP contribution in [-0.4, -0.2) is 6.61 Å². The van der Waals surface area contributed by atoms with E-state index in [1.165, 1.54) is 24.8 Å². The van der Waals surface area contributed by atoms with Crippen molar-refractivity contribution >= 4 is 11.4 Å². The number of nitrogens with zero attached hydrogens (tertiary/aromatic N) is 2. The predicted octanol–water partition coefficient (Wildman–Crippen LogP) is 8.02. The van der Waals surface area contributed by atoms with Crippen LogP contribution in [0.15, 0.2) is 83.0 Å². The van der Waals surface area contributed by atoms with Gasteiger partial charge in [-0.05, 0) is 85.5 Å². The topological polar surface area (TPSA) is 34.0 Å². The quantitative estimate of drug-likeness (QED) is 0.200. The van der Waals surface area contributed by atoms with Crippen molar-refractivity contribution in [2.24, 2.45) is 10.2 Å². The van der Waals surface area contributed by atoms with Crippen molar-refractivity contribution in [2.75, 3.05) is 6.61 Å². The van der Waals surface area contributed by atoms with E-state index in [0.29, 0.717) is 0 Å². The molecule has 0 saturated carbocycles. The molecule has 0 aliphatic rings. The van der Waals surface area contributed by atoms with Gasteiger partial charge < -0.3 is 4.74 Å². The molecule has 0 atom stereocenters.